The van der Waals surface area contributed by atoms with Crippen LogP contribution in [0.5, 0.6) is 0 Å². The third kappa shape index (κ3) is 7.81. The Labute approximate surface area is 196 Å². The lowest BCUT2D eigenvalue weighted by atomic mass is 9.70. The number of nitrogens with zero attached hydrogens (tertiary/aromatic N) is 3. The molecule has 10 heteroatoms. The number of Topliss-reactive ketones (excluding diaryl/α,β-unsaturated/α-hetero) is 1. The van der Waals surface area contributed by atoms with E-state index in [1.165, 1.54) is 0 Å². The summed E-state index contributed by atoms with van der Waals surface area (Å²) in [6.07, 6.45) is 6.71. The normalized spacial score (nSPS) is 28.3. The van der Waals surface area contributed by atoms with E-state index in [4.69, 9.17) is 4.84 Å². The predicted octanol–water partition coefficient (Wildman–Crippen LogP) is 3.78. The first kappa shape index (κ1) is 27.3. The number of hydrogen-bond donors (Lipinski definition) is 2. The topological polar surface area (TPSA) is 143 Å². The lowest BCUT2D eigenvalue weighted by molar-refractivity contribution is -0.526. The molecule has 0 heterocycles. The van der Waals surface area contributed by atoms with Gasteiger partial charge in [0.1, 0.15) is 6.61 Å². The Bertz CT molecular complexity index is 712. The summed E-state index contributed by atoms with van der Waals surface area (Å²) in [4.78, 5) is 40.9. The van der Waals surface area contributed by atoms with Crippen LogP contribution >= 0.6 is 0 Å². The van der Waals surface area contributed by atoms with Gasteiger partial charge in [0.05, 0.1) is 17.5 Å². The van der Waals surface area contributed by atoms with Gasteiger partial charge >= 0.3 is 5.97 Å². The van der Waals surface area contributed by atoms with Gasteiger partial charge in [0.15, 0.2) is 5.78 Å². The first-order valence-corrected chi connectivity index (χ1v) is 12.1. The monoisotopic (exact) mass is 468 g/mol. The quantitative estimate of drug-likeness (QED) is 0.267. The van der Waals surface area contributed by atoms with E-state index in [2.05, 4.69) is 15.7 Å². The smallest absolute Gasteiger partial charge is 0.330 e. The number of hydrogen-bond acceptors (Lipinski definition) is 9. The molecule has 0 radical (unpaired) electrons. The molecule has 0 bridgehead atoms. The van der Waals surface area contributed by atoms with Crippen LogP contribution in [-0.4, -0.2) is 52.6 Å². The Morgan fingerprint density at radius 2 is 1.55 bits per heavy atom. The summed E-state index contributed by atoms with van der Waals surface area (Å²) in [5.41, 5.74) is 1.25. The zero-order valence-corrected chi connectivity index (χ0v) is 20.4. The van der Waals surface area contributed by atoms with Gasteiger partial charge in [-0.3, -0.25) is 14.9 Å². The Kier molecular flexibility index (Phi) is 9.90. The van der Waals surface area contributed by atoms with Crippen LogP contribution in [0.1, 0.15) is 91.9 Å². The fourth-order valence-electron chi connectivity index (χ4n) is 4.82. The van der Waals surface area contributed by atoms with Crippen LogP contribution in [0.2, 0.25) is 0 Å². The number of ketones is 1. The molecule has 0 aromatic rings. The molecule has 0 aromatic carbocycles. The average molecular weight is 469 g/mol. The van der Waals surface area contributed by atoms with Crippen LogP contribution in [0, 0.1) is 20.9 Å². The molecule has 1 atom stereocenters. The van der Waals surface area contributed by atoms with E-state index >= 15 is 0 Å². The second kappa shape index (κ2) is 12.0. The van der Waals surface area contributed by atoms with E-state index in [-0.39, 0.29) is 28.8 Å². The van der Waals surface area contributed by atoms with Gasteiger partial charge in [-0.05, 0) is 65.2 Å². The first-order chi connectivity index (χ1) is 15.5. The van der Waals surface area contributed by atoms with E-state index in [1.807, 2.05) is 6.92 Å². The van der Waals surface area contributed by atoms with E-state index in [9.17, 15) is 24.8 Å². The Morgan fingerprint density at radius 1 is 1.03 bits per heavy atom. The minimum atomic E-state index is -0.873. The van der Waals surface area contributed by atoms with Crippen LogP contribution in [0.25, 0.3) is 0 Å². The van der Waals surface area contributed by atoms with Gasteiger partial charge in [-0.1, -0.05) is 13.8 Å². The number of nitro groups is 1. The maximum absolute atomic E-state index is 12.7. The van der Waals surface area contributed by atoms with E-state index in [0.717, 1.165) is 38.5 Å². The van der Waals surface area contributed by atoms with E-state index in [0.29, 0.717) is 25.7 Å². The third-order valence-corrected chi connectivity index (χ3v) is 7.35. The molecule has 0 aliphatic heterocycles. The molecule has 188 valence electrons. The van der Waals surface area contributed by atoms with Gasteiger partial charge in [-0.25, -0.2) is 4.79 Å². The molecule has 2 saturated carbocycles. The molecule has 33 heavy (non-hydrogen) atoms. The Hall–Kier alpha value is -1.94. The van der Waals surface area contributed by atoms with Crippen molar-refractivity contribution in [3.05, 3.63) is 10.1 Å². The number of rotatable bonds is 11. The summed E-state index contributed by atoms with van der Waals surface area (Å²) in [6.45, 7) is 6.63. The third-order valence-electron chi connectivity index (χ3n) is 7.35. The molecule has 0 saturated heterocycles. The van der Waals surface area contributed by atoms with Crippen molar-refractivity contribution < 1.29 is 24.5 Å². The summed E-state index contributed by atoms with van der Waals surface area (Å²) in [5.74, 6) is -0.683. The van der Waals surface area contributed by atoms with Crippen LogP contribution in [0.4, 0.5) is 0 Å². The SMILES string of the molecule is CCC(C)(CC(C)(C)C(=O)ONC1CCC(N=NC2CCC([N+](=O)[O-])CC2)CC1)C(=O)CO. The molecule has 0 aromatic heterocycles. The highest BCUT2D eigenvalue weighted by Gasteiger charge is 2.41. The highest BCUT2D eigenvalue weighted by Crippen LogP contribution is 2.38. The molecule has 10 nitrogen and oxygen atoms in total. The molecule has 1 unspecified atom stereocenters. The van der Waals surface area contributed by atoms with Crippen molar-refractivity contribution in [2.75, 3.05) is 6.61 Å². The predicted molar refractivity (Wildman–Crippen MR) is 122 cm³/mol. The molecule has 0 spiro atoms. The van der Waals surface area contributed by atoms with Gasteiger partial charge in [0.25, 0.3) is 0 Å². The number of carbonyl (C=O) groups is 2. The summed E-state index contributed by atoms with van der Waals surface area (Å²) < 4.78 is 0. The molecule has 2 fully saturated rings. The van der Waals surface area contributed by atoms with Gasteiger partial charge in [0, 0.05) is 29.2 Å². The van der Waals surface area contributed by atoms with Crippen molar-refractivity contribution in [2.24, 2.45) is 21.1 Å². The fourth-order valence-corrected chi connectivity index (χ4v) is 4.82. The highest BCUT2D eigenvalue weighted by molar-refractivity contribution is 5.86. The molecular weight excluding hydrogens is 428 g/mol. The largest absolute Gasteiger partial charge is 0.389 e. The maximum Gasteiger partial charge on any atom is 0.330 e. The van der Waals surface area contributed by atoms with Crippen LogP contribution < -0.4 is 5.48 Å². The fraction of sp³-hybridized carbons (Fsp3) is 0.913. The van der Waals surface area contributed by atoms with Gasteiger partial charge in [-0.15, -0.1) is 0 Å². The Morgan fingerprint density at radius 3 is 2.00 bits per heavy atom. The number of nitrogens with one attached hydrogen (secondary N) is 1. The van der Waals surface area contributed by atoms with Gasteiger partial charge in [0.2, 0.25) is 6.04 Å². The van der Waals surface area contributed by atoms with Crippen molar-refractivity contribution in [3.63, 3.8) is 0 Å². The van der Waals surface area contributed by atoms with Crippen molar-refractivity contribution in [1.82, 2.24) is 5.48 Å². The summed E-state index contributed by atoms with van der Waals surface area (Å²) in [5, 5.41) is 29.0. The van der Waals surface area contributed by atoms with Crippen molar-refractivity contribution >= 4 is 11.8 Å². The molecule has 2 rings (SSSR count). The maximum atomic E-state index is 12.7. The zero-order chi connectivity index (χ0) is 24.6. The van der Waals surface area contributed by atoms with E-state index < -0.39 is 29.4 Å². The van der Waals surface area contributed by atoms with Crippen LogP contribution in [0.15, 0.2) is 10.2 Å². The number of hydroxylamine groups is 1. The average Bonchev–Trinajstić information content (AvgIpc) is 2.81. The standard InChI is InChI=1S/C23H40N4O6/c1-5-23(4,20(29)14-28)15-22(2,3)21(30)33-26-18-8-6-16(7-9-18)24-25-17-10-12-19(13-11-17)27(31)32/h16-19,26,28H,5-15H2,1-4H3. The Balaban J connectivity index is 1.73. The molecular formula is C23H40N4O6. The summed E-state index contributed by atoms with van der Waals surface area (Å²) in [6, 6.07) is -0.162. The second-order valence-electron chi connectivity index (χ2n) is 10.5. The number of azo groups is 1. The molecule has 2 aliphatic rings. The summed E-state index contributed by atoms with van der Waals surface area (Å²) >= 11 is 0. The minimum absolute atomic E-state index is 0.0448. The molecule has 2 aliphatic carbocycles. The van der Waals surface area contributed by atoms with E-state index in [1.54, 1.807) is 20.8 Å². The van der Waals surface area contributed by atoms with Crippen LogP contribution in [0.3, 0.4) is 0 Å². The lowest BCUT2D eigenvalue weighted by Gasteiger charge is -2.34. The number of aliphatic hydroxyl groups excluding tert-OH is 1. The van der Waals surface area contributed by atoms with Crippen molar-refractivity contribution in [3.8, 4) is 0 Å². The van der Waals surface area contributed by atoms with Gasteiger partial charge < -0.3 is 9.94 Å². The van der Waals surface area contributed by atoms with Crippen molar-refractivity contribution in [2.45, 2.75) is 116 Å². The summed E-state index contributed by atoms with van der Waals surface area (Å²) in [7, 11) is 0. The molecule has 0 amide bonds. The minimum Gasteiger partial charge on any atom is -0.389 e. The lowest BCUT2D eigenvalue weighted by Crippen LogP contribution is -2.42. The van der Waals surface area contributed by atoms with Gasteiger partial charge in [-0.2, -0.15) is 15.7 Å². The molecule has 2 N–H and O–H groups in total. The van der Waals surface area contributed by atoms with Crippen LogP contribution in [-0.2, 0) is 14.4 Å². The number of carbonyl (C=O) groups excluding carboxylic acids is 2. The second-order valence-corrected chi connectivity index (χ2v) is 10.5. The number of aliphatic hydroxyl groups is 1. The zero-order valence-electron chi connectivity index (χ0n) is 20.4. The highest BCUT2D eigenvalue weighted by atomic mass is 16.7. The van der Waals surface area contributed by atoms with Crippen molar-refractivity contribution in [1.29, 1.82) is 0 Å². The first-order valence-electron chi connectivity index (χ1n) is 12.1.